The van der Waals surface area contributed by atoms with E-state index in [0.29, 0.717) is 13.0 Å². The molecule has 1 rings (SSSR count). The van der Waals surface area contributed by atoms with Crippen LogP contribution in [0.4, 0.5) is 4.79 Å². The van der Waals surface area contributed by atoms with E-state index in [2.05, 4.69) is 5.32 Å². The van der Waals surface area contributed by atoms with Crippen molar-refractivity contribution in [1.82, 2.24) is 10.2 Å². The molecule has 0 bridgehead atoms. The van der Waals surface area contributed by atoms with Crippen LogP contribution in [0.1, 0.15) is 5.56 Å². The summed E-state index contributed by atoms with van der Waals surface area (Å²) in [6.07, 6.45) is -1.38. The maximum atomic E-state index is 10.8. The zero-order valence-corrected chi connectivity index (χ0v) is 10.7. The highest BCUT2D eigenvalue weighted by molar-refractivity contribution is 5.65. The maximum Gasteiger partial charge on any atom is 0.404 e. The molecule has 0 aliphatic carbocycles. The lowest BCUT2D eigenvalue weighted by atomic mass is 10.0. The van der Waals surface area contributed by atoms with Gasteiger partial charge in [-0.05, 0) is 26.1 Å². The highest BCUT2D eigenvalue weighted by atomic mass is 16.4. The number of likely N-dealkylation sites (N-methyl/N-ethyl adjacent to an activating group) is 1. The van der Waals surface area contributed by atoms with Crippen molar-refractivity contribution in [3.63, 3.8) is 0 Å². The van der Waals surface area contributed by atoms with Crippen LogP contribution in [0.3, 0.4) is 0 Å². The van der Waals surface area contributed by atoms with E-state index in [-0.39, 0.29) is 0 Å². The van der Waals surface area contributed by atoms with Gasteiger partial charge in [-0.25, -0.2) is 4.79 Å². The third-order valence-electron chi connectivity index (χ3n) is 2.62. The minimum atomic E-state index is -1.12. The van der Waals surface area contributed by atoms with E-state index in [1.807, 2.05) is 49.3 Å². The van der Waals surface area contributed by atoms with Crippen LogP contribution in [0, 0.1) is 0 Å². The topological polar surface area (TPSA) is 72.8 Å². The second-order valence-electron chi connectivity index (χ2n) is 4.58. The predicted molar refractivity (Wildman–Crippen MR) is 69.7 cm³/mol. The number of hydrogen-bond donors (Lipinski definition) is 3. The molecule has 0 fully saturated rings. The molecule has 3 N–H and O–H groups in total. The second kappa shape index (κ2) is 6.98. The number of nitrogens with zero attached hydrogens (tertiary/aromatic N) is 1. The summed E-state index contributed by atoms with van der Waals surface area (Å²) in [7, 11) is 3.67. The smallest absolute Gasteiger partial charge is 0.404 e. The van der Waals surface area contributed by atoms with Crippen molar-refractivity contribution in [1.29, 1.82) is 0 Å². The summed E-state index contributed by atoms with van der Waals surface area (Å²) in [4.78, 5) is 12.6. The highest BCUT2D eigenvalue weighted by Gasteiger charge is 2.21. The Balaban J connectivity index is 2.69. The molecule has 0 aliphatic rings. The lowest BCUT2D eigenvalue weighted by Gasteiger charge is -2.25. The van der Waals surface area contributed by atoms with Crippen molar-refractivity contribution in [2.45, 2.75) is 18.6 Å². The van der Waals surface area contributed by atoms with Gasteiger partial charge in [0.05, 0.1) is 12.1 Å². The molecule has 2 atom stereocenters. The summed E-state index contributed by atoms with van der Waals surface area (Å²) < 4.78 is 0. The van der Waals surface area contributed by atoms with Gasteiger partial charge in [0.1, 0.15) is 0 Å². The normalized spacial score (nSPS) is 14.2. The molecule has 0 spiro atoms. The maximum absolute atomic E-state index is 10.8. The Bertz CT molecular complexity index is 368. The first-order valence-corrected chi connectivity index (χ1v) is 5.85. The summed E-state index contributed by atoms with van der Waals surface area (Å²) in [6, 6.07) is 9.01. The molecule has 0 unspecified atom stereocenters. The Morgan fingerprint density at radius 3 is 2.44 bits per heavy atom. The van der Waals surface area contributed by atoms with Crippen LogP contribution >= 0.6 is 0 Å². The fourth-order valence-corrected chi connectivity index (χ4v) is 1.81. The Morgan fingerprint density at radius 1 is 1.33 bits per heavy atom. The molecule has 1 amide bonds. The molecule has 0 aromatic heterocycles. The molecular formula is C13H20N2O3. The summed E-state index contributed by atoms with van der Waals surface area (Å²) in [5, 5.41) is 21.2. The van der Waals surface area contributed by atoms with E-state index in [4.69, 9.17) is 5.11 Å². The largest absolute Gasteiger partial charge is 0.465 e. The van der Waals surface area contributed by atoms with Crippen LogP contribution in [0.5, 0.6) is 0 Å². The number of carboxylic acid groups (broad SMARTS) is 1. The van der Waals surface area contributed by atoms with E-state index in [0.717, 1.165) is 5.56 Å². The number of carbonyl (C=O) groups is 1. The van der Waals surface area contributed by atoms with Gasteiger partial charge in [-0.1, -0.05) is 30.3 Å². The molecule has 0 radical (unpaired) electrons. The Morgan fingerprint density at radius 2 is 1.94 bits per heavy atom. The third kappa shape index (κ3) is 5.16. The van der Waals surface area contributed by atoms with E-state index < -0.39 is 18.2 Å². The molecule has 100 valence electrons. The summed E-state index contributed by atoms with van der Waals surface area (Å²) in [6.45, 7) is 0.414. The number of hydrogen-bond acceptors (Lipinski definition) is 3. The molecule has 1 aromatic carbocycles. The number of rotatable bonds is 6. The number of nitrogens with one attached hydrogen (secondary N) is 1. The first kappa shape index (κ1) is 14.5. The predicted octanol–water partition coefficient (Wildman–Crippen LogP) is 0.788. The SMILES string of the molecule is CN(C)C[C@H](O)[C@@H](Cc1ccccc1)NC(=O)O. The van der Waals surface area contributed by atoms with Crippen molar-refractivity contribution in [3.8, 4) is 0 Å². The fourth-order valence-electron chi connectivity index (χ4n) is 1.81. The zero-order chi connectivity index (χ0) is 13.5. The first-order chi connectivity index (χ1) is 8.49. The quantitative estimate of drug-likeness (QED) is 0.700. The molecule has 5 heteroatoms. The lowest BCUT2D eigenvalue weighted by molar-refractivity contribution is 0.0937. The summed E-state index contributed by atoms with van der Waals surface area (Å²) in [5.74, 6) is 0. The van der Waals surface area contributed by atoms with Crippen molar-refractivity contribution in [3.05, 3.63) is 35.9 Å². The van der Waals surface area contributed by atoms with Crippen LogP contribution in [0.15, 0.2) is 30.3 Å². The molecular weight excluding hydrogens is 232 g/mol. The zero-order valence-electron chi connectivity index (χ0n) is 10.7. The Hall–Kier alpha value is -1.59. The van der Waals surface area contributed by atoms with Crippen LogP contribution in [-0.2, 0) is 6.42 Å². The van der Waals surface area contributed by atoms with Gasteiger partial charge in [0.25, 0.3) is 0 Å². The minimum absolute atomic E-state index is 0.414. The van der Waals surface area contributed by atoms with Crippen LogP contribution < -0.4 is 5.32 Å². The average Bonchev–Trinajstić information content (AvgIpc) is 2.28. The van der Waals surface area contributed by atoms with Gasteiger partial charge in [-0.2, -0.15) is 0 Å². The van der Waals surface area contributed by atoms with Crippen molar-refractivity contribution in [2.24, 2.45) is 0 Å². The van der Waals surface area contributed by atoms with E-state index in [9.17, 15) is 9.90 Å². The number of benzene rings is 1. The van der Waals surface area contributed by atoms with Crippen molar-refractivity contribution < 1.29 is 15.0 Å². The van der Waals surface area contributed by atoms with E-state index in [1.54, 1.807) is 0 Å². The Labute approximate surface area is 107 Å². The summed E-state index contributed by atoms with van der Waals surface area (Å²) >= 11 is 0. The van der Waals surface area contributed by atoms with E-state index in [1.165, 1.54) is 0 Å². The number of aliphatic hydroxyl groups is 1. The molecule has 0 heterocycles. The molecule has 5 nitrogen and oxygen atoms in total. The highest BCUT2D eigenvalue weighted by Crippen LogP contribution is 2.07. The van der Waals surface area contributed by atoms with Crippen LogP contribution in [0.25, 0.3) is 0 Å². The second-order valence-corrected chi connectivity index (χ2v) is 4.58. The molecule has 0 aliphatic heterocycles. The third-order valence-corrected chi connectivity index (χ3v) is 2.62. The molecule has 0 saturated heterocycles. The van der Waals surface area contributed by atoms with Gasteiger partial charge < -0.3 is 20.4 Å². The van der Waals surface area contributed by atoms with Gasteiger partial charge in [0, 0.05) is 6.54 Å². The van der Waals surface area contributed by atoms with Gasteiger partial charge in [0.15, 0.2) is 0 Å². The van der Waals surface area contributed by atoms with Gasteiger partial charge in [-0.3, -0.25) is 0 Å². The van der Waals surface area contributed by atoms with Crippen molar-refractivity contribution in [2.75, 3.05) is 20.6 Å². The van der Waals surface area contributed by atoms with E-state index >= 15 is 0 Å². The van der Waals surface area contributed by atoms with Gasteiger partial charge >= 0.3 is 6.09 Å². The van der Waals surface area contributed by atoms with Crippen LogP contribution in [-0.4, -0.2) is 54.0 Å². The van der Waals surface area contributed by atoms with Crippen molar-refractivity contribution >= 4 is 6.09 Å². The van der Waals surface area contributed by atoms with Crippen LogP contribution in [0.2, 0.25) is 0 Å². The number of aliphatic hydroxyl groups excluding tert-OH is 1. The fraction of sp³-hybridized carbons (Fsp3) is 0.462. The number of amides is 1. The van der Waals surface area contributed by atoms with Gasteiger partial charge in [-0.15, -0.1) is 0 Å². The van der Waals surface area contributed by atoms with Gasteiger partial charge in [0.2, 0.25) is 0 Å². The molecule has 0 saturated carbocycles. The molecule has 1 aromatic rings. The minimum Gasteiger partial charge on any atom is -0.465 e. The Kier molecular flexibility index (Phi) is 5.61. The lowest BCUT2D eigenvalue weighted by Crippen LogP contribution is -2.48. The standard InChI is InChI=1S/C13H20N2O3/c1-15(2)9-12(16)11(14-13(17)18)8-10-6-4-3-5-7-10/h3-7,11-12,14,16H,8-9H2,1-2H3,(H,17,18)/t11-,12+/m1/s1. The first-order valence-electron chi connectivity index (χ1n) is 5.85. The average molecular weight is 252 g/mol. The molecule has 18 heavy (non-hydrogen) atoms. The monoisotopic (exact) mass is 252 g/mol. The summed E-state index contributed by atoms with van der Waals surface area (Å²) in [5.41, 5.74) is 0.994.